The first-order valence-corrected chi connectivity index (χ1v) is 14.9. The van der Waals surface area contributed by atoms with Gasteiger partial charge in [0, 0.05) is 42.7 Å². The zero-order chi connectivity index (χ0) is 32.1. The van der Waals surface area contributed by atoms with Crippen LogP contribution in [0.5, 0.6) is 17.2 Å². The Labute approximate surface area is 262 Å². The average molecular weight is 614 g/mol. The number of nitrogens with zero attached hydrogens (tertiary/aromatic N) is 2. The van der Waals surface area contributed by atoms with Crippen LogP contribution >= 0.6 is 0 Å². The molecule has 11 nitrogen and oxygen atoms in total. The molecule has 0 saturated carbocycles. The lowest BCUT2D eigenvalue weighted by Gasteiger charge is -2.29. The van der Waals surface area contributed by atoms with Crippen LogP contribution in [0.3, 0.4) is 0 Å². The molecule has 1 aliphatic rings. The molecule has 0 unspecified atom stereocenters. The van der Waals surface area contributed by atoms with Crippen molar-refractivity contribution in [3.05, 3.63) is 78.1 Å². The van der Waals surface area contributed by atoms with Crippen LogP contribution in [-0.4, -0.2) is 58.5 Å². The van der Waals surface area contributed by atoms with Crippen molar-refractivity contribution in [2.24, 2.45) is 0 Å². The maximum Gasteiger partial charge on any atom is 0.409 e. The van der Waals surface area contributed by atoms with Gasteiger partial charge in [-0.1, -0.05) is 45.0 Å². The number of carboxylic acid groups (broad SMARTS) is 1. The Morgan fingerprint density at radius 2 is 1.60 bits per heavy atom. The van der Waals surface area contributed by atoms with Crippen molar-refractivity contribution in [2.75, 3.05) is 36.1 Å². The topological polar surface area (TPSA) is 145 Å². The van der Waals surface area contributed by atoms with Crippen molar-refractivity contribution in [1.82, 2.24) is 9.88 Å². The zero-order valence-electron chi connectivity index (χ0n) is 25.9. The van der Waals surface area contributed by atoms with Crippen LogP contribution in [0.1, 0.15) is 44.9 Å². The Morgan fingerprint density at radius 1 is 0.933 bits per heavy atom. The highest BCUT2D eigenvalue weighted by Crippen LogP contribution is 2.39. The molecule has 2 heterocycles. The van der Waals surface area contributed by atoms with E-state index in [0.29, 0.717) is 29.4 Å². The number of amides is 3. The van der Waals surface area contributed by atoms with Crippen molar-refractivity contribution < 1.29 is 29.3 Å². The highest BCUT2D eigenvalue weighted by Gasteiger charge is 2.22. The van der Waals surface area contributed by atoms with E-state index in [0.717, 1.165) is 48.0 Å². The molecular formula is C34H39N5O6. The summed E-state index contributed by atoms with van der Waals surface area (Å²) in [4.78, 5) is 31.6. The van der Waals surface area contributed by atoms with Crippen LogP contribution in [0.25, 0.3) is 10.8 Å². The largest absolute Gasteiger partial charge is 0.492 e. The molecule has 236 valence electrons. The number of carbonyl (C=O) groups is 2. The second kappa shape index (κ2) is 13.4. The van der Waals surface area contributed by atoms with Crippen molar-refractivity contribution >= 4 is 40.0 Å². The number of urea groups is 1. The number of pyridine rings is 1. The molecule has 0 atom stereocenters. The van der Waals surface area contributed by atoms with Crippen LogP contribution < -0.4 is 25.4 Å². The highest BCUT2D eigenvalue weighted by atomic mass is 16.5. The predicted molar refractivity (Wildman–Crippen MR) is 175 cm³/mol. The van der Waals surface area contributed by atoms with Gasteiger partial charge in [-0.05, 0) is 54.2 Å². The van der Waals surface area contributed by atoms with E-state index < -0.39 is 12.1 Å². The number of piperidine rings is 1. The number of anilines is 3. The van der Waals surface area contributed by atoms with Crippen LogP contribution in [-0.2, 0) is 12.0 Å². The lowest BCUT2D eigenvalue weighted by molar-refractivity contribution is 0.0786. The summed E-state index contributed by atoms with van der Waals surface area (Å²) < 4.78 is 11.8. The Balaban J connectivity index is 1.36. The fourth-order valence-electron chi connectivity index (χ4n) is 5.37. The van der Waals surface area contributed by atoms with Crippen LogP contribution in [0, 0.1) is 0 Å². The summed E-state index contributed by atoms with van der Waals surface area (Å²) in [6, 6.07) is 17.9. The molecule has 4 aromatic rings. The smallest absolute Gasteiger partial charge is 0.409 e. The van der Waals surface area contributed by atoms with Gasteiger partial charge in [0.2, 0.25) is 0 Å². The summed E-state index contributed by atoms with van der Waals surface area (Å²) in [5, 5.41) is 28.9. The number of carbonyl (C=O) groups excluding carboxylic acids is 1. The van der Waals surface area contributed by atoms with Gasteiger partial charge in [0.05, 0.1) is 36.0 Å². The molecule has 0 spiro atoms. The number of hydrogen-bond acceptors (Lipinski definition) is 7. The average Bonchev–Trinajstić information content (AvgIpc) is 2.99. The fraction of sp³-hybridized carbons (Fsp3) is 0.324. The van der Waals surface area contributed by atoms with Gasteiger partial charge >= 0.3 is 12.1 Å². The quantitative estimate of drug-likeness (QED) is 0.143. The van der Waals surface area contributed by atoms with Crippen LogP contribution in [0.2, 0.25) is 0 Å². The predicted octanol–water partition coefficient (Wildman–Crippen LogP) is 7.02. The number of benzene rings is 3. The molecule has 3 aromatic carbocycles. The molecule has 3 amide bonds. The lowest BCUT2D eigenvalue weighted by Crippen LogP contribution is -2.35. The summed E-state index contributed by atoms with van der Waals surface area (Å²) >= 11 is 0. The number of fused-ring (bicyclic) bond motifs is 1. The number of rotatable bonds is 8. The molecule has 5 rings (SSSR count). The van der Waals surface area contributed by atoms with E-state index >= 15 is 0 Å². The molecule has 45 heavy (non-hydrogen) atoms. The molecule has 1 aliphatic heterocycles. The summed E-state index contributed by atoms with van der Waals surface area (Å²) in [5.74, 6) is 1.47. The van der Waals surface area contributed by atoms with E-state index in [1.54, 1.807) is 30.5 Å². The van der Waals surface area contributed by atoms with E-state index in [1.807, 2.05) is 57.2 Å². The molecule has 1 fully saturated rings. The number of likely N-dealkylation sites (tertiary alicyclic amines) is 1. The number of aromatic nitrogens is 1. The number of aliphatic hydroxyl groups excluding tert-OH is 1. The summed E-state index contributed by atoms with van der Waals surface area (Å²) in [6.07, 6.45) is 1.79. The molecule has 0 bridgehead atoms. The summed E-state index contributed by atoms with van der Waals surface area (Å²) in [5.41, 5.74) is 2.48. The standard InChI is InChI=1S/C34H39N5O6/c1-34(2,3)21-17-28(31(44-4)29(18-21)38-33(42)43)37-32(41)36-27-9-10-30(26-8-6-5-7-25(26)27)45-24-11-14-35-22(19-24)20-39-15-12-23(40)13-16-39/h5-11,14,17-19,23,38,40H,12-13,15-16,20H2,1-4H3,(H,42,43)(H2,36,37,41). The molecule has 1 saturated heterocycles. The third-order valence-electron chi connectivity index (χ3n) is 7.74. The molecule has 11 heteroatoms. The van der Waals surface area contributed by atoms with Gasteiger partial charge < -0.3 is 30.3 Å². The first-order valence-electron chi connectivity index (χ1n) is 14.9. The Kier molecular flexibility index (Phi) is 9.40. The van der Waals surface area contributed by atoms with Gasteiger partial charge in [0.15, 0.2) is 5.75 Å². The zero-order valence-corrected chi connectivity index (χ0v) is 25.9. The number of nitrogens with one attached hydrogen (secondary N) is 3. The normalized spacial score (nSPS) is 14.2. The Morgan fingerprint density at radius 3 is 2.27 bits per heavy atom. The van der Waals surface area contributed by atoms with Gasteiger partial charge in [-0.25, -0.2) is 9.59 Å². The highest BCUT2D eigenvalue weighted by molar-refractivity contribution is 6.08. The summed E-state index contributed by atoms with van der Waals surface area (Å²) in [7, 11) is 1.42. The van der Waals surface area contributed by atoms with Crippen LogP contribution in [0.15, 0.2) is 66.9 Å². The third kappa shape index (κ3) is 7.81. The molecule has 1 aromatic heterocycles. The molecule has 0 aliphatic carbocycles. The van der Waals surface area contributed by atoms with E-state index in [4.69, 9.17) is 9.47 Å². The van der Waals surface area contributed by atoms with E-state index in [-0.39, 0.29) is 23.0 Å². The van der Waals surface area contributed by atoms with Gasteiger partial charge in [0.1, 0.15) is 11.5 Å². The van der Waals surface area contributed by atoms with Gasteiger partial charge in [-0.3, -0.25) is 15.2 Å². The first-order chi connectivity index (χ1) is 21.5. The van der Waals surface area contributed by atoms with Gasteiger partial charge in [0.25, 0.3) is 0 Å². The van der Waals surface area contributed by atoms with Crippen molar-refractivity contribution in [2.45, 2.75) is 51.7 Å². The molecule has 5 N–H and O–H groups in total. The van der Waals surface area contributed by atoms with Crippen LogP contribution in [0.4, 0.5) is 26.7 Å². The van der Waals surface area contributed by atoms with Crippen molar-refractivity contribution in [3.63, 3.8) is 0 Å². The van der Waals surface area contributed by atoms with E-state index in [1.165, 1.54) is 7.11 Å². The van der Waals surface area contributed by atoms with Gasteiger partial charge in [-0.2, -0.15) is 0 Å². The lowest BCUT2D eigenvalue weighted by atomic mass is 9.86. The maximum atomic E-state index is 13.3. The third-order valence-corrected chi connectivity index (χ3v) is 7.74. The monoisotopic (exact) mass is 613 g/mol. The Hall–Kier alpha value is -4.87. The molecule has 0 radical (unpaired) electrons. The second-order valence-electron chi connectivity index (χ2n) is 12.1. The van der Waals surface area contributed by atoms with E-state index in [2.05, 4.69) is 25.8 Å². The SMILES string of the molecule is COc1c(NC(=O)O)cc(C(C)(C)C)cc1NC(=O)Nc1ccc(Oc2ccnc(CN3CCC(O)CC3)c2)c2ccccc12. The minimum absolute atomic E-state index is 0.198. The molecular weight excluding hydrogens is 574 g/mol. The van der Waals surface area contributed by atoms with Crippen molar-refractivity contribution in [1.29, 1.82) is 0 Å². The number of methoxy groups -OCH3 is 1. The number of hydrogen-bond donors (Lipinski definition) is 5. The van der Waals surface area contributed by atoms with E-state index in [9.17, 15) is 19.8 Å². The minimum Gasteiger partial charge on any atom is -0.492 e. The van der Waals surface area contributed by atoms with Crippen molar-refractivity contribution in [3.8, 4) is 17.2 Å². The van der Waals surface area contributed by atoms with Gasteiger partial charge in [-0.15, -0.1) is 0 Å². The first kappa shape index (κ1) is 31.6. The minimum atomic E-state index is -1.24. The fourth-order valence-corrected chi connectivity index (χ4v) is 5.37. The maximum absolute atomic E-state index is 13.3. The number of aliphatic hydroxyl groups is 1. The number of ether oxygens (including phenoxy) is 2. The summed E-state index contributed by atoms with van der Waals surface area (Å²) in [6.45, 7) is 8.32. The second-order valence-corrected chi connectivity index (χ2v) is 12.1. The Bertz CT molecular complexity index is 1690.